The van der Waals surface area contributed by atoms with Gasteiger partial charge in [0, 0.05) is 26.6 Å². The summed E-state index contributed by atoms with van der Waals surface area (Å²) in [7, 11) is 1.75. The van der Waals surface area contributed by atoms with Crippen molar-refractivity contribution in [3.8, 4) is 0 Å². The predicted octanol–water partition coefficient (Wildman–Crippen LogP) is 1.54. The maximum absolute atomic E-state index is 12.7. The first-order chi connectivity index (χ1) is 9.97. The van der Waals surface area contributed by atoms with Crippen LogP contribution in [0.3, 0.4) is 0 Å². The smallest absolute Gasteiger partial charge is 0.245 e. The Morgan fingerprint density at radius 1 is 1.24 bits per heavy atom. The fourth-order valence-electron chi connectivity index (χ4n) is 3.65. The van der Waals surface area contributed by atoms with Crippen molar-refractivity contribution in [3.05, 3.63) is 0 Å². The largest absolute Gasteiger partial charge is 0.388 e. The van der Waals surface area contributed by atoms with Crippen molar-refractivity contribution in [2.24, 2.45) is 0 Å². The number of amides is 2. The number of hydrogen-bond acceptors (Lipinski definition) is 3. The van der Waals surface area contributed by atoms with Crippen molar-refractivity contribution in [3.63, 3.8) is 0 Å². The molecule has 0 aromatic heterocycles. The SMILES string of the molecule is CCC(=O)N1CCCCC1C(=O)N(C)CC1(O)CCCC1. The Morgan fingerprint density at radius 3 is 2.52 bits per heavy atom. The molecule has 1 N–H and O–H groups in total. The Hall–Kier alpha value is -1.10. The average molecular weight is 296 g/mol. The zero-order valence-electron chi connectivity index (χ0n) is 13.3. The molecule has 2 aliphatic rings. The van der Waals surface area contributed by atoms with Gasteiger partial charge in [-0.25, -0.2) is 0 Å². The minimum absolute atomic E-state index is 0.0168. The summed E-state index contributed by atoms with van der Waals surface area (Å²) >= 11 is 0. The molecule has 1 aliphatic heterocycles. The second kappa shape index (κ2) is 6.77. The monoisotopic (exact) mass is 296 g/mol. The van der Waals surface area contributed by atoms with Gasteiger partial charge in [-0.3, -0.25) is 9.59 Å². The molecule has 0 radical (unpaired) electrons. The first kappa shape index (κ1) is 16.3. The fourth-order valence-corrected chi connectivity index (χ4v) is 3.65. The van der Waals surface area contributed by atoms with E-state index in [-0.39, 0.29) is 17.9 Å². The van der Waals surface area contributed by atoms with Crippen LogP contribution in [0.1, 0.15) is 58.3 Å². The van der Waals surface area contributed by atoms with Crippen molar-refractivity contribution >= 4 is 11.8 Å². The molecule has 0 spiro atoms. The normalized spacial score (nSPS) is 24.9. The van der Waals surface area contributed by atoms with Crippen LogP contribution in [-0.2, 0) is 9.59 Å². The fraction of sp³-hybridized carbons (Fsp3) is 0.875. The van der Waals surface area contributed by atoms with E-state index >= 15 is 0 Å². The molecule has 0 aromatic rings. The topological polar surface area (TPSA) is 60.9 Å². The van der Waals surface area contributed by atoms with E-state index in [1.807, 2.05) is 6.92 Å². The van der Waals surface area contributed by atoms with Crippen molar-refractivity contribution in [2.45, 2.75) is 69.9 Å². The summed E-state index contributed by atoms with van der Waals surface area (Å²) in [5.74, 6) is 0.0397. The Balaban J connectivity index is 2.00. The summed E-state index contributed by atoms with van der Waals surface area (Å²) in [6.45, 7) is 2.90. The molecule has 1 saturated carbocycles. The summed E-state index contributed by atoms with van der Waals surface area (Å²) in [4.78, 5) is 28.1. The predicted molar refractivity (Wildman–Crippen MR) is 80.7 cm³/mol. The Kier molecular flexibility index (Phi) is 5.25. The molecule has 5 heteroatoms. The first-order valence-corrected chi connectivity index (χ1v) is 8.24. The first-order valence-electron chi connectivity index (χ1n) is 8.24. The standard InChI is InChI=1S/C16H28N2O3/c1-3-14(19)18-11-7-4-8-13(18)15(20)17(2)12-16(21)9-5-6-10-16/h13,21H,3-12H2,1-2H3. The molecular weight excluding hydrogens is 268 g/mol. The lowest BCUT2D eigenvalue weighted by Crippen LogP contribution is -2.54. The number of carbonyl (C=O) groups excluding carboxylic acids is 2. The molecule has 1 heterocycles. The van der Waals surface area contributed by atoms with Gasteiger partial charge in [-0.1, -0.05) is 19.8 Å². The molecule has 0 aromatic carbocycles. The molecule has 0 bridgehead atoms. The Bertz CT molecular complexity index is 391. The summed E-state index contributed by atoms with van der Waals surface area (Å²) in [6, 6.07) is -0.332. The van der Waals surface area contributed by atoms with Crippen LogP contribution >= 0.6 is 0 Å². The van der Waals surface area contributed by atoms with Crippen LogP contribution in [0.2, 0.25) is 0 Å². The van der Waals surface area contributed by atoms with E-state index in [1.54, 1.807) is 16.8 Å². The van der Waals surface area contributed by atoms with E-state index < -0.39 is 5.60 Å². The zero-order chi connectivity index (χ0) is 15.5. The molecule has 120 valence electrons. The maximum atomic E-state index is 12.7. The molecular formula is C16H28N2O3. The van der Waals surface area contributed by atoms with E-state index in [4.69, 9.17) is 0 Å². The van der Waals surface area contributed by atoms with Crippen molar-refractivity contribution in [1.29, 1.82) is 0 Å². The van der Waals surface area contributed by atoms with Gasteiger partial charge in [0.25, 0.3) is 0 Å². The second-order valence-corrected chi connectivity index (χ2v) is 6.58. The van der Waals surface area contributed by atoms with Crippen LogP contribution in [0.4, 0.5) is 0 Å². The van der Waals surface area contributed by atoms with Crippen molar-refractivity contribution < 1.29 is 14.7 Å². The Labute approximate surface area is 127 Å². The molecule has 2 fully saturated rings. The van der Waals surface area contributed by atoms with Gasteiger partial charge in [-0.2, -0.15) is 0 Å². The minimum Gasteiger partial charge on any atom is -0.388 e. The quantitative estimate of drug-likeness (QED) is 0.856. The van der Waals surface area contributed by atoms with Gasteiger partial charge in [0.05, 0.1) is 5.60 Å². The van der Waals surface area contributed by atoms with Crippen molar-refractivity contribution in [2.75, 3.05) is 20.1 Å². The summed E-state index contributed by atoms with van der Waals surface area (Å²) in [5.41, 5.74) is -0.724. The number of likely N-dealkylation sites (tertiary alicyclic amines) is 1. The van der Waals surface area contributed by atoms with Gasteiger partial charge in [-0.15, -0.1) is 0 Å². The van der Waals surface area contributed by atoms with Gasteiger partial charge in [0.1, 0.15) is 6.04 Å². The third kappa shape index (κ3) is 3.76. The summed E-state index contributed by atoms with van der Waals surface area (Å²) in [5, 5.41) is 10.5. The number of rotatable bonds is 4. The van der Waals surface area contributed by atoms with Crippen molar-refractivity contribution in [1.82, 2.24) is 9.80 Å². The van der Waals surface area contributed by atoms with Gasteiger partial charge >= 0.3 is 0 Å². The summed E-state index contributed by atoms with van der Waals surface area (Å²) in [6.07, 6.45) is 6.75. The lowest BCUT2D eigenvalue weighted by atomic mass is 9.98. The van der Waals surface area contributed by atoms with E-state index in [0.717, 1.165) is 44.9 Å². The third-order valence-corrected chi connectivity index (χ3v) is 4.85. The molecule has 5 nitrogen and oxygen atoms in total. The maximum Gasteiger partial charge on any atom is 0.245 e. The molecule has 2 amide bonds. The highest BCUT2D eigenvalue weighted by molar-refractivity contribution is 5.87. The van der Waals surface area contributed by atoms with Crippen LogP contribution in [0.5, 0.6) is 0 Å². The van der Waals surface area contributed by atoms with E-state index in [0.29, 0.717) is 19.5 Å². The number of piperidine rings is 1. The number of carbonyl (C=O) groups is 2. The lowest BCUT2D eigenvalue weighted by Gasteiger charge is -2.38. The second-order valence-electron chi connectivity index (χ2n) is 6.58. The van der Waals surface area contributed by atoms with E-state index in [2.05, 4.69) is 0 Å². The number of aliphatic hydroxyl groups is 1. The van der Waals surface area contributed by atoms with Gasteiger partial charge in [-0.05, 0) is 32.1 Å². The average Bonchev–Trinajstić information content (AvgIpc) is 2.91. The molecule has 1 aliphatic carbocycles. The molecule has 1 unspecified atom stereocenters. The highest BCUT2D eigenvalue weighted by atomic mass is 16.3. The van der Waals surface area contributed by atoms with Gasteiger partial charge in [0.2, 0.25) is 11.8 Å². The lowest BCUT2D eigenvalue weighted by molar-refractivity contribution is -0.148. The van der Waals surface area contributed by atoms with Crippen LogP contribution in [0.25, 0.3) is 0 Å². The molecule has 2 rings (SSSR count). The number of likely N-dealkylation sites (N-methyl/N-ethyl adjacent to an activating group) is 1. The minimum atomic E-state index is -0.724. The third-order valence-electron chi connectivity index (χ3n) is 4.85. The molecule has 1 saturated heterocycles. The molecule has 21 heavy (non-hydrogen) atoms. The van der Waals surface area contributed by atoms with Crippen LogP contribution in [0, 0.1) is 0 Å². The van der Waals surface area contributed by atoms with E-state index in [1.165, 1.54) is 0 Å². The highest BCUT2D eigenvalue weighted by Crippen LogP contribution is 2.30. The van der Waals surface area contributed by atoms with Gasteiger partial charge in [0.15, 0.2) is 0 Å². The van der Waals surface area contributed by atoms with Crippen LogP contribution in [0.15, 0.2) is 0 Å². The van der Waals surface area contributed by atoms with Crippen LogP contribution in [-0.4, -0.2) is 58.5 Å². The highest BCUT2D eigenvalue weighted by Gasteiger charge is 2.37. The number of hydrogen-bond donors (Lipinski definition) is 1. The number of nitrogens with zero attached hydrogens (tertiary/aromatic N) is 2. The van der Waals surface area contributed by atoms with Crippen LogP contribution < -0.4 is 0 Å². The van der Waals surface area contributed by atoms with E-state index in [9.17, 15) is 14.7 Å². The van der Waals surface area contributed by atoms with Gasteiger partial charge < -0.3 is 14.9 Å². The zero-order valence-corrected chi connectivity index (χ0v) is 13.3. The Morgan fingerprint density at radius 2 is 1.90 bits per heavy atom. The molecule has 1 atom stereocenters. The summed E-state index contributed by atoms with van der Waals surface area (Å²) < 4.78 is 0.